The quantitative estimate of drug-likeness (QED) is 0.0792. The molecule has 3 N–H and O–H groups in total. The summed E-state index contributed by atoms with van der Waals surface area (Å²) in [5.74, 6) is -0.299. The zero-order valence-electron chi connectivity index (χ0n) is 24.5. The van der Waals surface area contributed by atoms with Gasteiger partial charge in [-0.3, -0.25) is 14.4 Å². The lowest BCUT2D eigenvalue weighted by Gasteiger charge is -2.14. The van der Waals surface area contributed by atoms with Gasteiger partial charge in [-0.1, -0.05) is 61.3 Å². The van der Waals surface area contributed by atoms with E-state index in [1.165, 1.54) is 11.8 Å². The summed E-state index contributed by atoms with van der Waals surface area (Å²) in [5, 5.41) is 8.68. The number of unbranched alkanes of at least 4 members (excludes halogenated alkanes) is 1. The van der Waals surface area contributed by atoms with Gasteiger partial charge in [0.2, 0.25) is 5.91 Å². The molecule has 0 bridgehead atoms. The van der Waals surface area contributed by atoms with E-state index in [0.717, 1.165) is 23.5 Å². The lowest BCUT2D eigenvalue weighted by Crippen LogP contribution is -2.30. The van der Waals surface area contributed by atoms with Gasteiger partial charge >= 0.3 is 0 Å². The molecule has 0 aliphatic carbocycles. The fraction of sp³-hybridized carbons (Fsp3) is 0.171. The Hall–Kier alpha value is -4.53. The van der Waals surface area contributed by atoms with Crippen molar-refractivity contribution < 1.29 is 19.1 Å². The average molecular weight is 628 g/mol. The van der Waals surface area contributed by atoms with E-state index < -0.39 is 17.1 Å². The summed E-state index contributed by atoms with van der Waals surface area (Å²) >= 11 is 7.38. The van der Waals surface area contributed by atoms with Crippen molar-refractivity contribution in [1.82, 2.24) is 5.32 Å². The maximum Gasteiger partial charge on any atom is 0.272 e. The van der Waals surface area contributed by atoms with Crippen LogP contribution in [0, 0.1) is 0 Å². The summed E-state index contributed by atoms with van der Waals surface area (Å²) in [6.45, 7) is 4.59. The number of ether oxygens (including phenoxy) is 1. The van der Waals surface area contributed by atoms with E-state index in [1.807, 2.05) is 43.3 Å². The first-order chi connectivity index (χ1) is 21.3. The summed E-state index contributed by atoms with van der Waals surface area (Å²) < 4.78 is 5.68. The SMILES string of the molecule is CCCCOc1ccc(NC(=O)C(C)Sc2cccc(NC(=O)/C(=C/c3ccc(Cl)cc3)NC(=O)c3ccccc3)c2)cc1. The first-order valence-corrected chi connectivity index (χ1v) is 15.5. The standard InChI is InChI=1S/C35H34ClN3O4S/c1-3-4-21-43-30-19-17-28(18-20-30)37-33(40)24(2)44-31-12-8-11-29(23-31)38-35(42)32(22-25-13-15-27(36)16-14-25)39-34(41)26-9-6-5-7-10-26/h5-20,22-24H,3-4,21H2,1-2H3,(H,37,40)(H,38,42)(H,39,41)/b32-22-. The molecule has 4 rings (SSSR count). The number of rotatable bonds is 13. The number of carbonyl (C=O) groups excluding carboxylic acids is 3. The molecule has 4 aromatic carbocycles. The molecule has 0 radical (unpaired) electrons. The second-order valence-corrected chi connectivity index (χ2v) is 11.7. The predicted molar refractivity (Wildman–Crippen MR) is 179 cm³/mol. The molecule has 0 spiro atoms. The van der Waals surface area contributed by atoms with E-state index in [1.54, 1.807) is 72.8 Å². The molecule has 226 valence electrons. The van der Waals surface area contributed by atoms with Crippen LogP contribution in [0.5, 0.6) is 5.75 Å². The highest BCUT2D eigenvalue weighted by Crippen LogP contribution is 2.27. The number of benzene rings is 4. The molecular weight excluding hydrogens is 594 g/mol. The van der Waals surface area contributed by atoms with Gasteiger partial charge in [-0.15, -0.1) is 11.8 Å². The Morgan fingerprint density at radius 3 is 2.30 bits per heavy atom. The lowest BCUT2D eigenvalue weighted by molar-refractivity contribution is -0.115. The smallest absolute Gasteiger partial charge is 0.272 e. The second-order valence-electron chi connectivity index (χ2n) is 9.89. The van der Waals surface area contributed by atoms with Crippen molar-refractivity contribution in [3.8, 4) is 5.75 Å². The van der Waals surface area contributed by atoms with E-state index >= 15 is 0 Å². The highest BCUT2D eigenvalue weighted by atomic mass is 35.5. The third kappa shape index (κ3) is 10.0. The van der Waals surface area contributed by atoms with Gasteiger partial charge in [0, 0.05) is 26.9 Å². The number of anilines is 2. The molecule has 1 unspecified atom stereocenters. The fourth-order valence-corrected chi connectivity index (χ4v) is 5.04. The van der Waals surface area contributed by atoms with Gasteiger partial charge in [-0.25, -0.2) is 0 Å². The van der Waals surface area contributed by atoms with Gasteiger partial charge in [-0.05, 0) is 91.7 Å². The van der Waals surface area contributed by atoms with Crippen molar-refractivity contribution in [2.75, 3.05) is 17.2 Å². The maximum absolute atomic E-state index is 13.4. The van der Waals surface area contributed by atoms with Gasteiger partial charge in [0.05, 0.1) is 11.9 Å². The highest BCUT2D eigenvalue weighted by Gasteiger charge is 2.17. The number of thioether (sulfide) groups is 1. The number of amides is 3. The molecule has 0 saturated heterocycles. The van der Waals surface area contributed by atoms with Crippen LogP contribution in [0.25, 0.3) is 6.08 Å². The van der Waals surface area contributed by atoms with Crippen LogP contribution in [0.15, 0.2) is 114 Å². The molecule has 0 saturated carbocycles. The van der Waals surface area contributed by atoms with Crippen LogP contribution in [0.3, 0.4) is 0 Å². The van der Waals surface area contributed by atoms with Crippen molar-refractivity contribution in [2.45, 2.75) is 36.8 Å². The predicted octanol–water partition coefficient (Wildman–Crippen LogP) is 8.05. The normalized spacial score (nSPS) is 11.8. The fourth-order valence-electron chi connectivity index (χ4n) is 3.98. The highest BCUT2D eigenvalue weighted by molar-refractivity contribution is 8.00. The first kappa shape index (κ1) is 32.4. The molecule has 7 nitrogen and oxygen atoms in total. The number of halogens is 1. The zero-order chi connectivity index (χ0) is 31.3. The molecule has 4 aromatic rings. The summed E-state index contributed by atoms with van der Waals surface area (Å²) in [6, 6.07) is 30.1. The van der Waals surface area contributed by atoms with Crippen LogP contribution >= 0.6 is 23.4 Å². The molecule has 0 aliphatic rings. The average Bonchev–Trinajstić information content (AvgIpc) is 3.03. The summed E-state index contributed by atoms with van der Waals surface area (Å²) in [4.78, 5) is 40.0. The Balaban J connectivity index is 1.41. The second kappa shape index (κ2) is 16.4. The number of carbonyl (C=O) groups is 3. The van der Waals surface area contributed by atoms with Crippen LogP contribution in [0.2, 0.25) is 5.02 Å². The van der Waals surface area contributed by atoms with Gasteiger partial charge in [-0.2, -0.15) is 0 Å². The van der Waals surface area contributed by atoms with E-state index in [9.17, 15) is 14.4 Å². The van der Waals surface area contributed by atoms with Gasteiger partial charge < -0.3 is 20.7 Å². The zero-order valence-corrected chi connectivity index (χ0v) is 26.1. The minimum absolute atomic E-state index is 0.0637. The van der Waals surface area contributed by atoms with Crippen LogP contribution in [0.4, 0.5) is 11.4 Å². The Kier molecular flexibility index (Phi) is 12.0. The topological polar surface area (TPSA) is 96.5 Å². The Labute approximate surface area is 267 Å². The van der Waals surface area contributed by atoms with E-state index in [-0.39, 0.29) is 11.6 Å². The van der Waals surface area contributed by atoms with E-state index in [4.69, 9.17) is 16.3 Å². The molecular formula is C35H34ClN3O4S. The number of hydrogen-bond donors (Lipinski definition) is 3. The third-order valence-corrected chi connectivity index (χ3v) is 7.72. The molecule has 0 aromatic heterocycles. The molecule has 0 aliphatic heterocycles. The van der Waals surface area contributed by atoms with Gasteiger partial charge in [0.15, 0.2) is 0 Å². The summed E-state index contributed by atoms with van der Waals surface area (Å²) in [5.41, 5.74) is 2.37. The van der Waals surface area contributed by atoms with Crippen molar-refractivity contribution >= 4 is 58.5 Å². The monoisotopic (exact) mass is 627 g/mol. The van der Waals surface area contributed by atoms with E-state index in [0.29, 0.717) is 34.1 Å². The minimum atomic E-state index is -0.501. The van der Waals surface area contributed by atoms with E-state index in [2.05, 4.69) is 22.9 Å². The lowest BCUT2D eigenvalue weighted by atomic mass is 10.1. The summed E-state index contributed by atoms with van der Waals surface area (Å²) in [6.07, 6.45) is 3.64. The Morgan fingerprint density at radius 2 is 1.59 bits per heavy atom. The largest absolute Gasteiger partial charge is 0.494 e. The van der Waals surface area contributed by atoms with Crippen LogP contribution in [-0.2, 0) is 9.59 Å². The number of nitrogens with one attached hydrogen (secondary N) is 3. The molecule has 44 heavy (non-hydrogen) atoms. The molecule has 9 heteroatoms. The Morgan fingerprint density at radius 1 is 0.864 bits per heavy atom. The van der Waals surface area contributed by atoms with Crippen molar-refractivity contribution in [1.29, 1.82) is 0 Å². The van der Waals surface area contributed by atoms with Gasteiger partial charge in [0.25, 0.3) is 11.8 Å². The third-order valence-electron chi connectivity index (χ3n) is 6.37. The molecule has 0 fully saturated rings. The van der Waals surface area contributed by atoms with Crippen LogP contribution in [0.1, 0.15) is 42.6 Å². The van der Waals surface area contributed by atoms with Crippen molar-refractivity contribution in [3.63, 3.8) is 0 Å². The van der Waals surface area contributed by atoms with Crippen molar-refractivity contribution in [2.24, 2.45) is 0 Å². The number of hydrogen-bond acceptors (Lipinski definition) is 5. The first-order valence-electron chi connectivity index (χ1n) is 14.3. The summed E-state index contributed by atoms with van der Waals surface area (Å²) in [7, 11) is 0. The molecule has 3 amide bonds. The van der Waals surface area contributed by atoms with Gasteiger partial charge in [0.1, 0.15) is 11.4 Å². The Bertz CT molecular complexity index is 1590. The minimum Gasteiger partial charge on any atom is -0.494 e. The van der Waals surface area contributed by atoms with Crippen LogP contribution in [-0.4, -0.2) is 29.6 Å². The molecule has 1 atom stereocenters. The van der Waals surface area contributed by atoms with Crippen LogP contribution < -0.4 is 20.7 Å². The molecule has 0 heterocycles. The maximum atomic E-state index is 13.4. The van der Waals surface area contributed by atoms with Crippen molar-refractivity contribution in [3.05, 3.63) is 125 Å².